The van der Waals surface area contributed by atoms with Crippen LogP contribution in [0.15, 0.2) is 60.8 Å². The van der Waals surface area contributed by atoms with Crippen LogP contribution in [0.3, 0.4) is 0 Å². The first-order chi connectivity index (χ1) is 20.3. The highest BCUT2D eigenvalue weighted by atomic mass is 16.5. The number of anilines is 2. The van der Waals surface area contributed by atoms with Crippen molar-refractivity contribution in [1.29, 1.82) is 0 Å². The Kier molecular flexibility index (Phi) is 6.34. The summed E-state index contributed by atoms with van der Waals surface area (Å²) in [4.78, 5) is 40.1. The van der Waals surface area contributed by atoms with Gasteiger partial charge in [0.25, 0.3) is 5.91 Å². The molecular weight excluding hydrogens is 534 g/mol. The quantitative estimate of drug-likeness (QED) is 0.388. The Bertz CT molecular complexity index is 1660. The number of hydrogen-bond acceptors (Lipinski definition) is 8. The molecule has 3 unspecified atom stereocenters. The highest BCUT2D eigenvalue weighted by molar-refractivity contribution is 5.91. The third-order valence-electron chi connectivity index (χ3n) is 8.87. The molecule has 0 spiro atoms. The number of carbonyl (C=O) groups excluding carboxylic acids is 1. The van der Waals surface area contributed by atoms with Crippen molar-refractivity contribution < 1.29 is 19.4 Å². The summed E-state index contributed by atoms with van der Waals surface area (Å²) < 4.78 is 7.96. The molecule has 1 amide bonds. The number of pyridine rings is 2. The van der Waals surface area contributed by atoms with Crippen LogP contribution in [0.1, 0.15) is 39.2 Å². The summed E-state index contributed by atoms with van der Waals surface area (Å²) in [5.41, 5.74) is 3.41. The minimum absolute atomic E-state index is 0.0385. The van der Waals surface area contributed by atoms with Crippen molar-refractivity contribution in [2.24, 2.45) is 11.8 Å². The number of fused-ring (bicyclic) bond motifs is 2. The van der Waals surface area contributed by atoms with Crippen LogP contribution in [-0.4, -0.2) is 87.3 Å². The summed E-state index contributed by atoms with van der Waals surface area (Å²) in [5.74, 6) is 0.254. The van der Waals surface area contributed by atoms with E-state index >= 15 is 0 Å². The molecule has 3 aliphatic heterocycles. The second-order valence-electron chi connectivity index (χ2n) is 11.8. The van der Waals surface area contributed by atoms with Crippen LogP contribution in [0.25, 0.3) is 5.65 Å². The molecule has 0 radical (unpaired) electrons. The Morgan fingerprint density at radius 3 is 2.48 bits per heavy atom. The number of carbonyl (C=O) groups is 2. The Hall–Kier alpha value is -4.51. The first kappa shape index (κ1) is 26.4. The molecule has 3 atom stereocenters. The topological polar surface area (TPSA) is 116 Å². The van der Waals surface area contributed by atoms with E-state index in [4.69, 9.17) is 4.74 Å². The number of rotatable bonds is 5. The lowest BCUT2D eigenvalue weighted by Crippen LogP contribution is -2.48. The van der Waals surface area contributed by atoms with Crippen LogP contribution in [-0.2, 0) is 10.3 Å². The number of ether oxygens (including phenoxy) is 1. The molecule has 3 saturated heterocycles. The Morgan fingerprint density at radius 2 is 1.74 bits per heavy atom. The number of nitrogens with zero attached hydrogens (tertiary/aromatic N) is 7. The first-order valence-electron chi connectivity index (χ1n) is 14.3. The minimum atomic E-state index is -1.04. The van der Waals surface area contributed by atoms with Gasteiger partial charge in [0.2, 0.25) is 5.82 Å². The second-order valence-corrected chi connectivity index (χ2v) is 11.8. The van der Waals surface area contributed by atoms with Gasteiger partial charge in [-0.2, -0.15) is 0 Å². The Labute approximate surface area is 243 Å². The zero-order valence-corrected chi connectivity index (χ0v) is 23.7. The molecule has 42 heavy (non-hydrogen) atoms. The van der Waals surface area contributed by atoms with Gasteiger partial charge in [-0.15, -0.1) is 5.10 Å². The van der Waals surface area contributed by atoms with Gasteiger partial charge in [0.1, 0.15) is 11.4 Å². The van der Waals surface area contributed by atoms with E-state index in [0.717, 1.165) is 36.4 Å². The lowest BCUT2D eigenvalue weighted by Gasteiger charge is -2.42. The maximum Gasteiger partial charge on any atom is 0.354 e. The van der Waals surface area contributed by atoms with E-state index in [2.05, 4.69) is 50.0 Å². The highest BCUT2D eigenvalue weighted by Crippen LogP contribution is 2.35. The largest absolute Gasteiger partial charge is 0.477 e. The average Bonchev–Trinajstić information content (AvgIpc) is 3.71. The molecule has 0 bridgehead atoms. The number of carboxylic acids is 1. The Morgan fingerprint density at radius 1 is 0.976 bits per heavy atom. The zero-order valence-electron chi connectivity index (χ0n) is 23.7. The van der Waals surface area contributed by atoms with Gasteiger partial charge in [-0.25, -0.2) is 19.3 Å². The van der Waals surface area contributed by atoms with Gasteiger partial charge in [-0.1, -0.05) is 36.4 Å². The number of likely N-dealkylation sites (tertiary alicyclic amines) is 1. The molecule has 0 saturated carbocycles. The van der Waals surface area contributed by atoms with Crippen LogP contribution < -0.4 is 9.80 Å². The van der Waals surface area contributed by atoms with Crippen molar-refractivity contribution >= 4 is 29.0 Å². The molecule has 4 aromatic rings. The lowest BCUT2D eigenvalue weighted by atomic mass is 9.93. The molecular formula is C31H33N7O4. The first-order valence-corrected chi connectivity index (χ1v) is 14.3. The molecule has 3 aliphatic rings. The number of benzene rings is 1. The Balaban J connectivity index is 1.06. The number of carboxylic acid groups (broad SMARTS) is 1. The van der Waals surface area contributed by atoms with Gasteiger partial charge in [-0.3, -0.25) is 4.79 Å². The number of aromatic carboxylic acids is 1. The fraction of sp³-hybridized carbons (Fsp3) is 0.387. The molecule has 216 valence electrons. The summed E-state index contributed by atoms with van der Waals surface area (Å²) in [6.45, 7) is 8.89. The fourth-order valence-electron chi connectivity index (χ4n) is 6.66. The van der Waals surface area contributed by atoms with Gasteiger partial charge in [-0.05, 0) is 43.2 Å². The van der Waals surface area contributed by atoms with Gasteiger partial charge in [0.05, 0.1) is 25.0 Å². The average molecular weight is 568 g/mol. The van der Waals surface area contributed by atoms with E-state index in [1.165, 1.54) is 6.07 Å². The SMILES string of the molecule is Cc1cc(N2CCOC(C)(c3ccccc3)C2)cn2nc(C(=O)N3CC4CN(c5cccc(C(=O)O)n5)CC4C3)nc12. The molecule has 11 heteroatoms. The highest BCUT2D eigenvalue weighted by Gasteiger charge is 2.43. The summed E-state index contributed by atoms with van der Waals surface area (Å²) >= 11 is 0. The summed E-state index contributed by atoms with van der Waals surface area (Å²) in [6, 6.07) is 17.5. The molecule has 0 aliphatic carbocycles. The monoisotopic (exact) mass is 567 g/mol. The maximum absolute atomic E-state index is 13.5. The van der Waals surface area contributed by atoms with E-state index in [-0.39, 0.29) is 29.3 Å². The summed E-state index contributed by atoms with van der Waals surface area (Å²) in [7, 11) is 0. The van der Waals surface area contributed by atoms with Gasteiger partial charge < -0.3 is 24.5 Å². The van der Waals surface area contributed by atoms with Gasteiger partial charge in [0, 0.05) is 44.6 Å². The van der Waals surface area contributed by atoms with Crippen LogP contribution in [0.2, 0.25) is 0 Å². The maximum atomic E-state index is 13.5. The van der Waals surface area contributed by atoms with Crippen molar-refractivity contribution in [2.45, 2.75) is 19.4 Å². The normalized spacial score (nSPS) is 23.9. The van der Waals surface area contributed by atoms with Crippen molar-refractivity contribution in [3.63, 3.8) is 0 Å². The number of aromatic nitrogens is 4. The third-order valence-corrected chi connectivity index (χ3v) is 8.87. The standard InChI is InChI=1S/C31H33N7O4/c1-20-13-24(35-11-12-42-31(2,19-35)23-7-4-3-5-8-23)18-38-28(20)33-27(34-38)29(39)37-16-21-14-36(15-22(21)17-37)26-10-6-9-25(32-26)30(40)41/h3-10,13,18,21-22H,11-12,14-17,19H2,1-2H3,(H,40,41). The van der Waals surface area contributed by atoms with Gasteiger partial charge >= 0.3 is 5.97 Å². The smallest absolute Gasteiger partial charge is 0.354 e. The third kappa shape index (κ3) is 4.63. The minimum Gasteiger partial charge on any atom is -0.477 e. The van der Waals surface area contributed by atoms with Crippen LogP contribution >= 0.6 is 0 Å². The predicted molar refractivity (Wildman–Crippen MR) is 156 cm³/mol. The van der Waals surface area contributed by atoms with Gasteiger partial charge in [0.15, 0.2) is 11.3 Å². The van der Waals surface area contributed by atoms with E-state index in [0.29, 0.717) is 37.7 Å². The zero-order chi connectivity index (χ0) is 29.0. The second kappa shape index (κ2) is 10.1. The number of morpholine rings is 1. The van der Waals surface area contributed by atoms with E-state index < -0.39 is 11.6 Å². The van der Waals surface area contributed by atoms with Crippen molar-refractivity contribution in [1.82, 2.24) is 24.5 Å². The lowest BCUT2D eigenvalue weighted by molar-refractivity contribution is -0.0466. The molecule has 3 fully saturated rings. The van der Waals surface area contributed by atoms with Crippen molar-refractivity contribution in [2.75, 3.05) is 55.7 Å². The number of hydrogen-bond donors (Lipinski definition) is 1. The summed E-state index contributed by atoms with van der Waals surface area (Å²) in [6.07, 6.45) is 1.96. The van der Waals surface area contributed by atoms with E-state index in [9.17, 15) is 14.7 Å². The molecule has 1 aromatic carbocycles. The molecule has 3 aromatic heterocycles. The van der Waals surface area contributed by atoms with E-state index in [1.807, 2.05) is 42.3 Å². The fourth-order valence-corrected chi connectivity index (χ4v) is 6.66. The van der Waals surface area contributed by atoms with Crippen LogP contribution in [0, 0.1) is 18.8 Å². The molecule has 6 heterocycles. The summed E-state index contributed by atoms with van der Waals surface area (Å²) in [5, 5.41) is 13.9. The molecule has 7 rings (SSSR count). The molecule has 11 nitrogen and oxygen atoms in total. The van der Waals surface area contributed by atoms with Crippen LogP contribution in [0.5, 0.6) is 0 Å². The number of amides is 1. The number of aryl methyl sites for hydroxylation is 1. The predicted octanol–water partition coefficient (Wildman–Crippen LogP) is 3.09. The van der Waals surface area contributed by atoms with Crippen molar-refractivity contribution in [3.8, 4) is 0 Å². The van der Waals surface area contributed by atoms with Crippen LogP contribution in [0.4, 0.5) is 11.5 Å². The van der Waals surface area contributed by atoms with E-state index in [1.54, 1.807) is 10.6 Å². The molecule has 1 N–H and O–H groups in total. The van der Waals surface area contributed by atoms with Crippen molar-refractivity contribution in [3.05, 3.63) is 83.4 Å².